The predicted molar refractivity (Wildman–Crippen MR) is 101 cm³/mol. The highest BCUT2D eigenvalue weighted by molar-refractivity contribution is 5.52. The second-order valence-corrected chi connectivity index (χ2v) is 5.61. The molecule has 0 aromatic heterocycles. The molecule has 0 N–H and O–H groups in total. The van der Waals surface area contributed by atoms with Crippen LogP contribution in [0.5, 0.6) is 0 Å². The summed E-state index contributed by atoms with van der Waals surface area (Å²) < 4.78 is 0. The Morgan fingerprint density at radius 2 is 1.59 bits per heavy atom. The molecule has 0 saturated heterocycles. The Labute approximate surface area is 136 Å². The molecule has 0 atom stereocenters. The lowest BCUT2D eigenvalue weighted by Gasteiger charge is -1.99. The molecule has 0 heterocycles. The maximum Gasteiger partial charge on any atom is -0.0233 e. The summed E-state index contributed by atoms with van der Waals surface area (Å²) in [6.07, 6.45) is 7.52. The van der Waals surface area contributed by atoms with Gasteiger partial charge in [0.1, 0.15) is 0 Å². The van der Waals surface area contributed by atoms with Crippen LogP contribution in [0.4, 0.5) is 0 Å². The standard InChI is InChI=1S/C12H16.C10H12/c1-3-5-6-12-9-7-11(4-2)8-10-12;1-4-10-6-5-8(2)7-9(10)3/h4,7-10H,2-3,5-6H2,1H3;4-7H,1H2,2-3H3. The molecule has 2 aromatic carbocycles. The molecule has 22 heavy (non-hydrogen) atoms. The lowest BCUT2D eigenvalue weighted by Crippen LogP contribution is -1.83. The quantitative estimate of drug-likeness (QED) is 0.581. The SMILES string of the molecule is C=Cc1ccc(C)cc1C.C=Cc1ccc(CCCC)cc1. The molecule has 0 saturated carbocycles. The Hall–Kier alpha value is -2.08. The Bertz CT molecular complexity index is 588. The molecule has 2 rings (SSSR count). The van der Waals surface area contributed by atoms with Crippen molar-refractivity contribution in [3.8, 4) is 0 Å². The highest BCUT2D eigenvalue weighted by Crippen LogP contribution is 2.10. The lowest BCUT2D eigenvalue weighted by atomic mass is 10.1. The van der Waals surface area contributed by atoms with Crippen LogP contribution in [0.3, 0.4) is 0 Å². The molecule has 0 bridgehead atoms. The smallest absolute Gasteiger partial charge is 0.0233 e. The van der Waals surface area contributed by atoms with E-state index in [2.05, 4.69) is 76.4 Å². The molecule has 0 nitrogen and oxygen atoms in total. The number of benzene rings is 2. The average Bonchev–Trinajstić information content (AvgIpc) is 2.54. The largest absolute Gasteiger partial charge is 0.0985 e. The van der Waals surface area contributed by atoms with Gasteiger partial charge in [0.05, 0.1) is 0 Å². The van der Waals surface area contributed by atoms with Gasteiger partial charge in [0.15, 0.2) is 0 Å². The van der Waals surface area contributed by atoms with Crippen LogP contribution in [0.2, 0.25) is 0 Å². The summed E-state index contributed by atoms with van der Waals surface area (Å²) in [6, 6.07) is 15.0. The number of unbranched alkanes of at least 4 members (excludes halogenated alkanes) is 1. The summed E-state index contributed by atoms with van der Waals surface area (Å²) in [5, 5.41) is 0. The van der Waals surface area contributed by atoms with E-state index in [1.807, 2.05) is 12.2 Å². The highest BCUT2D eigenvalue weighted by atomic mass is 14.0. The van der Waals surface area contributed by atoms with Gasteiger partial charge in [-0.15, -0.1) is 0 Å². The van der Waals surface area contributed by atoms with Gasteiger partial charge in [-0.3, -0.25) is 0 Å². The zero-order valence-electron chi connectivity index (χ0n) is 14.2. The minimum Gasteiger partial charge on any atom is -0.0985 e. The van der Waals surface area contributed by atoms with E-state index in [0.717, 1.165) is 0 Å². The Kier molecular flexibility index (Phi) is 7.99. The van der Waals surface area contributed by atoms with Crippen molar-refractivity contribution in [3.05, 3.63) is 83.4 Å². The molecule has 0 aliphatic heterocycles. The third-order valence-electron chi connectivity index (χ3n) is 3.68. The minimum absolute atomic E-state index is 1.20. The molecule has 0 fully saturated rings. The van der Waals surface area contributed by atoms with Crippen LogP contribution in [0.1, 0.15) is 47.6 Å². The van der Waals surface area contributed by atoms with E-state index >= 15 is 0 Å². The normalized spacial score (nSPS) is 9.59. The van der Waals surface area contributed by atoms with Crippen molar-refractivity contribution < 1.29 is 0 Å². The van der Waals surface area contributed by atoms with Crippen molar-refractivity contribution in [2.45, 2.75) is 40.0 Å². The van der Waals surface area contributed by atoms with E-state index in [1.54, 1.807) is 0 Å². The Balaban J connectivity index is 0.000000224. The topological polar surface area (TPSA) is 0 Å². The fraction of sp³-hybridized carbons (Fsp3) is 0.273. The first-order chi connectivity index (χ1) is 10.6. The van der Waals surface area contributed by atoms with Gasteiger partial charge < -0.3 is 0 Å². The third-order valence-corrected chi connectivity index (χ3v) is 3.68. The number of hydrogen-bond acceptors (Lipinski definition) is 0. The van der Waals surface area contributed by atoms with Crippen molar-refractivity contribution in [1.29, 1.82) is 0 Å². The van der Waals surface area contributed by atoms with Crippen LogP contribution in [0.25, 0.3) is 12.2 Å². The summed E-state index contributed by atoms with van der Waals surface area (Å²) in [4.78, 5) is 0. The Morgan fingerprint density at radius 3 is 2.09 bits per heavy atom. The lowest BCUT2D eigenvalue weighted by molar-refractivity contribution is 0.795. The predicted octanol–water partition coefficient (Wildman–Crippen LogP) is 6.62. The van der Waals surface area contributed by atoms with Crippen LogP contribution in [0, 0.1) is 13.8 Å². The molecule has 116 valence electrons. The van der Waals surface area contributed by atoms with E-state index < -0.39 is 0 Å². The second kappa shape index (κ2) is 9.78. The molecule has 0 heteroatoms. The fourth-order valence-electron chi connectivity index (χ4n) is 2.26. The van der Waals surface area contributed by atoms with Gasteiger partial charge in [-0.1, -0.05) is 86.7 Å². The van der Waals surface area contributed by atoms with Crippen molar-refractivity contribution in [2.24, 2.45) is 0 Å². The third kappa shape index (κ3) is 6.13. The van der Waals surface area contributed by atoms with Crippen LogP contribution in [-0.2, 0) is 6.42 Å². The summed E-state index contributed by atoms with van der Waals surface area (Å²) in [6.45, 7) is 13.9. The molecule has 0 radical (unpaired) electrons. The first kappa shape index (κ1) is 18.0. The molecule has 0 spiro atoms. The van der Waals surface area contributed by atoms with Crippen LogP contribution in [-0.4, -0.2) is 0 Å². The number of aryl methyl sites for hydroxylation is 3. The first-order valence-electron chi connectivity index (χ1n) is 8.01. The molecule has 2 aromatic rings. The molecule has 0 aliphatic rings. The molecule has 0 amide bonds. The number of rotatable bonds is 5. The van der Waals surface area contributed by atoms with Crippen LogP contribution >= 0.6 is 0 Å². The van der Waals surface area contributed by atoms with E-state index in [-0.39, 0.29) is 0 Å². The fourth-order valence-corrected chi connectivity index (χ4v) is 2.26. The van der Waals surface area contributed by atoms with Crippen LogP contribution in [0.15, 0.2) is 55.6 Å². The second-order valence-electron chi connectivity index (χ2n) is 5.61. The van der Waals surface area contributed by atoms with Crippen molar-refractivity contribution in [3.63, 3.8) is 0 Å². The maximum atomic E-state index is 3.72. The monoisotopic (exact) mass is 292 g/mol. The van der Waals surface area contributed by atoms with E-state index in [1.165, 1.54) is 47.1 Å². The number of hydrogen-bond donors (Lipinski definition) is 0. The molecule has 0 unspecified atom stereocenters. The minimum atomic E-state index is 1.20. The summed E-state index contributed by atoms with van der Waals surface area (Å²) in [7, 11) is 0. The van der Waals surface area contributed by atoms with Crippen LogP contribution < -0.4 is 0 Å². The Morgan fingerprint density at radius 1 is 0.909 bits per heavy atom. The van der Waals surface area contributed by atoms with Gasteiger partial charge in [0.25, 0.3) is 0 Å². The highest BCUT2D eigenvalue weighted by Gasteiger charge is 1.92. The summed E-state index contributed by atoms with van der Waals surface area (Å²) in [5.41, 5.74) is 6.47. The summed E-state index contributed by atoms with van der Waals surface area (Å²) in [5.74, 6) is 0. The van der Waals surface area contributed by atoms with E-state index in [9.17, 15) is 0 Å². The average molecular weight is 292 g/mol. The van der Waals surface area contributed by atoms with Gasteiger partial charge in [-0.05, 0) is 48.9 Å². The van der Waals surface area contributed by atoms with Crippen molar-refractivity contribution in [2.75, 3.05) is 0 Å². The van der Waals surface area contributed by atoms with Crippen molar-refractivity contribution in [1.82, 2.24) is 0 Å². The summed E-state index contributed by atoms with van der Waals surface area (Å²) >= 11 is 0. The zero-order valence-corrected chi connectivity index (χ0v) is 14.2. The molecular formula is C22H28. The van der Waals surface area contributed by atoms with E-state index in [0.29, 0.717) is 0 Å². The molecule has 0 aliphatic carbocycles. The van der Waals surface area contributed by atoms with Gasteiger partial charge in [0, 0.05) is 0 Å². The first-order valence-corrected chi connectivity index (χ1v) is 8.01. The van der Waals surface area contributed by atoms with Gasteiger partial charge in [-0.25, -0.2) is 0 Å². The van der Waals surface area contributed by atoms with E-state index in [4.69, 9.17) is 0 Å². The zero-order chi connectivity index (χ0) is 16.4. The maximum absolute atomic E-state index is 3.72. The van der Waals surface area contributed by atoms with Gasteiger partial charge in [0.2, 0.25) is 0 Å². The van der Waals surface area contributed by atoms with Crippen molar-refractivity contribution >= 4 is 12.2 Å². The van der Waals surface area contributed by atoms with Gasteiger partial charge >= 0.3 is 0 Å². The molecular weight excluding hydrogens is 264 g/mol. The van der Waals surface area contributed by atoms with Gasteiger partial charge in [-0.2, -0.15) is 0 Å².